The molecule has 0 saturated carbocycles. The summed E-state index contributed by atoms with van der Waals surface area (Å²) in [7, 11) is -4.26. The summed E-state index contributed by atoms with van der Waals surface area (Å²) in [5.74, 6) is -0.654. The Kier molecular flexibility index (Phi) is 7.40. The van der Waals surface area contributed by atoms with Gasteiger partial charge in [-0.3, -0.25) is 4.79 Å². The molecule has 0 N–H and O–H groups in total. The van der Waals surface area contributed by atoms with Crippen LogP contribution in [-0.2, 0) is 38.9 Å². The SMILES string of the molecule is CCCn1nnnc1COC(=O)C1CCN(S(=O)(=O)c2cc(C(F)(F)F)ccc2Cl)CC1. The molecule has 1 fully saturated rings. The predicted octanol–water partition coefficient (Wildman–Crippen LogP) is 2.90. The summed E-state index contributed by atoms with van der Waals surface area (Å²) in [6.07, 6.45) is -3.58. The molecule has 1 aliphatic heterocycles. The molecule has 1 saturated heterocycles. The summed E-state index contributed by atoms with van der Waals surface area (Å²) in [6, 6.07) is 2.16. The van der Waals surface area contributed by atoms with E-state index in [1.165, 1.54) is 4.68 Å². The largest absolute Gasteiger partial charge is 0.457 e. The summed E-state index contributed by atoms with van der Waals surface area (Å²) in [6.45, 7) is 2.31. The first kappa shape index (κ1) is 24.4. The third kappa shape index (κ3) is 5.38. The van der Waals surface area contributed by atoms with Crippen LogP contribution < -0.4 is 0 Å². The number of sulfonamides is 1. The number of aryl methyl sites for hydroxylation is 1. The van der Waals surface area contributed by atoms with Gasteiger partial charge < -0.3 is 4.74 Å². The average Bonchev–Trinajstić information content (AvgIpc) is 3.19. The van der Waals surface area contributed by atoms with Crippen molar-refractivity contribution in [3.8, 4) is 0 Å². The molecular weight excluding hydrogens is 475 g/mol. The maximum absolute atomic E-state index is 13.0. The fraction of sp³-hybridized carbons (Fsp3) is 0.556. The molecule has 1 aliphatic rings. The molecule has 0 radical (unpaired) electrons. The molecule has 32 heavy (non-hydrogen) atoms. The van der Waals surface area contributed by atoms with E-state index in [0.29, 0.717) is 18.4 Å². The molecule has 14 heteroatoms. The number of aromatic nitrogens is 4. The van der Waals surface area contributed by atoms with Crippen LogP contribution in [0.1, 0.15) is 37.6 Å². The molecule has 0 spiro atoms. The Morgan fingerprint density at radius 2 is 1.97 bits per heavy atom. The lowest BCUT2D eigenvalue weighted by Gasteiger charge is -2.30. The van der Waals surface area contributed by atoms with Crippen molar-refractivity contribution < 1.29 is 31.1 Å². The van der Waals surface area contributed by atoms with Crippen molar-refractivity contribution in [2.45, 2.75) is 50.4 Å². The Bertz CT molecular complexity index is 1070. The van der Waals surface area contributed by atoms with Crippen LogP contribution in [0.2, 0.25) is 5.02 Å². The molecule has 2 heterocycles. The standard InChI is InChI=1S/C18H21ClF3N5O4S/c1-2-7-27-16(23-24-25-27)11-31-17(28)12-5-8-26(9-6-12)32(29,30)15-10-13(18(20,21)22)3-4-14(15)19/h3-4,10,12H,2,5-9,11H2,1H3. The highest BCUT2D eigenvalue weighted by atomic mass is 35.5. The molecule has 9 nitrogen and oxygen atoms in total. The Hall–Kier alpha value is -2.25. The third-order valence-corrected chi connectivity index (χ3v) is 7.43. The van der Waals surface area contributed by atoms with E-state index in [-0.39, 0.29) is 37.6 Å². The van der Waals surface area contributed by atoms with Gasteiger partial charge in [0.15, 0.2) is 12.4 Å². The van der Waals surface area contributed by atoms with Crippen LogP contribution >= 0.6 is 11.6 Å². The first-order valence-electron chi connectivity index (χ1n) is 9.82. The number of carbonyl (C=O) groups is 1. The van der Waals surface area contributed by atoms with Crippen LogP contribution in [0.3, 0.4) is 0 Å². The van der Waals surface area contributed by atoms with E-state index >= 15 is 0 Å². The number of tetrazole rings is 1. The maximum atomic E-state index is 13.0. The number of piperidine rings is 1. The first-order valence-corrected chi connectivity index (χ1v) is 11.6. The highest BCUT2D eigenvalue weighted by Crippen LogP contribution is 2.35. The molecule has 1 aromatic heterocycles. The Morgan fingerprint density at radius 1 is 1.28 bits per heavy atom. The van der Waals surface area contributed by atoms with Gasteiger partial charge in [-0.15, -0.1) is 5.10 Å². The Balaban J connectivity index is 1.62. The van der Waals surface area contributed by atoms with Crippen LogP contribution in [0.5, 0.6) is 0 Å². The van der Waals surface area contributed by atoms with Gasteiger partial charge in [0.1, 0.15) is 4.90 Å². The lowest BCUT2D eigenvalue weighted by atomic mass is 9.98. The second kappa shape index (κ2) is 9.71. The number of esters is 1. The van der Waals surface area contributed by atoms with Gasteiger partial charge in [0.2, 0.25) is 10.0 Å². The van der Waals surface area contributed by atoms with E-state index in [4.69, 9.17) is 16.3 Å². The fourth-order valence-electron chi connectivity index (χ4n) is 3.31. The van der Waals surface area contributed by atoms with E-state index in [1.54, 1.807) is 0 Å². The zero-order chi connectivity index (χ0) is 23.5. The zero-order valence-electron chi connectivity index (χ0n) is 17.0. The van der Waals surface area contributed by atoms with Crippen molar-refractivity contribution in [3.05, 3.63) is 34.6 Å². The fourth-order valence-corrected chi connectivity index (χ4v) is 5.28. The van der Waals surface area contributed by atoms with Crippen molar-refractivity contribution in [2.75, 3.05) is 13.1 Å². The molecule has 2 aromatic rings. The Labute approximate surface area is 187 Å². The van der Waals surface area contributed by atoms with E-state index in [1.807, 2.05) is 6.92 Å². The molecule has 0 bridgehead atoms. The van der Waals surface area contributed by atoms with Crippen LogP contribution in [0.4, 0.5) is 13.2 Å². The van der Waals surface area contributed by atoms with Gasteiger partial charge in [-0.1, -0.05) is 18.5 Å². The second-order valence-electron chi connectivity index (χ2n) is 7.25. The molecule has 176 valence electrons. The second-order valence-corrected chi connectivity index (χ2v) is 9.56. The predicted molar refractivity (Wildman–Crippen MR) is 106 cm³/mol. The number of rotatable bonds is 7. The zero-order valence-corrected chi connectivity index (χ0v) is 18.6. The van der Waals surface area contributed by atoms with Crippen molar-refractivity contribution in [2.24, 2.45) is 5.92 Å². The number of nitrogens with zero attached hydrogens (tertiary/aromatic N) is 5. The summed E-state index contributed by atoms with van der Waals surface area (Å²) in [5, 5.41) is 10.8. The number of ether oxygens (including phenoxy) is 1. The quantitative estimate of drug-likeness (QED) is 0.543. The van der Waals surface area contributed by atoms with Crippen LogP contribution in [0.15, 0.2) is 23.1 Å². The molecule has 1 aromatic carbocycles. The topological polar surface area (TPSA) is 107 Å². The van der Waals surface area contributed by atoms with Crippen molar-refractivity contribution in [3.63, 3.8) is 0 Å². The minimum absolute atomic E-state index is 0.0533. The molecule has 0 atom stereocenters. The molecule has 0 unspecified atom stereocenters. The minimum atomic E-state index is -4.71. The van der Waals surface area contributed by atoms with Gasteiger partial charge in [-0.05, 0) is 47.9 Å². The van der Waals surface area contributed by atoms with Gasteiger partial charge in [0, 0.05) is 19.6 Å². The maximum Gasteiger partial charge on any atom is 0.416 e. The van der Waals surface area contributed by atoms with E-state index in [0.717, 1.165) is 22.9 Å². The van der Waals surface area contributed by atoms with Crippen molar-refractivity contribution >= 4 is 27.6 Å². The number of halogens is 4. The monoisotopic (exact) mass is 495 g/mol. The summed E-state index contributed by atoms with van der Waals surface area (Å²) in [4.78, 5) is 11.8. The summed E-state index contributed by atoms with van der Waals surface area (Å²) < 4.78 is 72.6. The van der Waals surface area contributed by atoms with Crippen molar-refractivity contribution in [1.29, 1.82) is 0 Å². The van der Waals surface area contributed by atoms with Crippen LogP contribution in [0, 0.1) is 5.92 Å². The lowest BCUT2D eigenvalue weighted by Crippen LogP contribution is -2.40. The normalized spacial score (nSPS) is 16.3. The van der Waals surface area contributed by atoms with E-state index < -0.39 is 38.5 Å². The van der Waals surface area contributed by atoms with Gasteiger partial charge in [-0.2, -0.15) is 17.5 Å². The molecule has 0 amide bonds. The van der Waals surface area contributed by atoms with Gasteiger partial charge >= 0.3 is 12.1 Å². The number of alkyl halides is 3. The van der Waals surface area contributed by atoms with Crippen LogP contribution in [0.25, 0.3) is 0 Å². The third-order valence-electron chi connectivity index (χ3n) is 5.05. The molecular formula is C18H21ClF3N5O4S. The molecule has 3 rings (SSSR count). The van der Waals surface area contributed by atoms with Gasteiger partial charge in [0.05, 0.1) is 16.5 Å². The number of hydrogen-bond acceptors (Lipinski definition) is 7. The average molecular weight is 496 g/mol. The minimum Gasteiger partial charge on any atom is -0.457 e. The van der Waals surface area contributed by atoms with Gasteiger partial charge in [0.25, 0.3) is 0 Å². The van der Waals surface area contributed by atoms with E-state index in [9.17, 15) is 26.4 Å². The van der Waals surface area contributed by atoms with Crippen molar-refractivity contribution in [1.82, 2.24) is 24.5 Å². The number of hydrogen-bond donors (Lipinski definition) is 0. The highest BCUT2D eigenvalue weighted by Gasteiger charge is 2.37. The lowest BCUT2D eigenvalue weighted by molar-refractivity contribution is -0.151. The first-order chi connectivity index (χ1) is 15.0. The highest BCUT2D eigenvalue weighted by molar-refractivity contribution is 7.89. The van der Waals surface area contributed by atoms with E-state index in [2.05, 4.69) is 15.5 Å². The summed E-state index contributed by atoms with van der Waals surface area (Å²) in [5.41, 5.74) is -1.11. The molecule has 0 aliphatic carbocycles. The van der Waals surface area contributed by atoms with Gasteiger partial charge in [-0.25, -0.2) is 13.1 Å². The van der Waals surface area contributed by atoms with Crippen LogP contribution in [-0.4, -0.2) is 52.0 Å². The number of carbonyl (C=O) groups excluding carboxylic acids is 1. The Morgan fingerprint density at radius 3 is 2.59 bits per heavy atom. The number of benzene rings is 1. The summed E-state index contributed by atoms with van der Waals surface area (Å²) >= 11 is 5.89. The smallest absolute Gasteiger partial charge is 0.416 e.